The second-order valence-corrected chi connectivity index (χ2v) is 5.57. The number of aryl methyl sites for hydroxylation is 1. The van der Waals surface area contributed by atoms with E-state index in [9.17, 15) is 33.5 Å². The van der Waals surface area contributed by atoms with E-state index in [0.717, 1.165) is 30.5 Å². The lowest BCUT2D eigenvalue weighted by Gasteiger charge is -2.10. The largest absolute Gasteiger partial charge is 0.504 e. The van der Waals surface area contributed by atoms with Crippen molar-refractivity contribution in [1.82, 2.24) is 10.1 Å². The lowest BCUT2D eigenvalue weighted by Crippen LogP contribution is -2.08. The van der Waals surface area contributed by atoms with Crippen LogP contribution in [0.5, 0.6) is 11.5 Å². The van der Waals surface area contributed by atoms with E-state index in [1.807, 2.05) is 0 Å². The molecule has 0 saturated heterocycles. The molecule has 0 atom stereocenters. The Morgan fingerprint density at radius 3 is 2.52 bits per heavy atom. The summed E-state index contributed by atoms with van der Waals surface area (Å²) in [6.45, 7) is 1.41. The molecule has 8 nitrogen and oxygen atoms in total. The Labute approximate surface area is 148 Å². The molecule has 0 fully saturated rings. The van der Waals surface area contributed by atoms with Gasteiger partial charge in [0.1, 0.15) is 5.69 Å². The first-order valence-electron chi connectivity index (χ1n) is 7.29. The van der Waals surface area contributed by atoms with Gasteiger partial charge in [0.15, 0.2) is 11.5 Å². The Morgan fingerprint density at radius 2 is 1.89 bits per heavy atom. The molecule has 0 unspecified atom stereocenters. The van der Waals surface area contributed by atoms with Crippen LogP contribution < -0.4 is 0 Å². The third-order valence-electron chi connectivity index (χ3n) is 3.68. The lowest BCUT2D eigenvalue weighted by molar-refractivity contribution is -0.385. The van der Waals surface area contributed by atoms with Crippen molar-refractivity contribution >= 4 is 5.69 Å². The molecule has 0 aliphatic heterocycles. The first kappa shape index (κ1) is 18.2. The standard InChI is InChI=1S/C16H10F3N3O5/c1-7-2-10(16(17,18)19)9(6-20-7)14-5-11(21-27-14)8-3-12(22(25)26)15(24)13(23)4-8/h2-6,23-24H,1H3. The lowest BCUT2D eigenvalue weighted by atomic mass is 10.0. The number of hydrogen-bond acceptors (Lipinski definition) is 7. The predicted molar refractivity (Wildman–Crippen MR) is 84.9 cm³/mol. The topological polar surface area (TPSA) is 123 Å². The average molecular weight is 381 g/mol. The van der Waals surface area contributed by atoms with Gasteiger partial charge in [0.2, 0.25) is 5.75 Å². The maximum atomic E-state index is 13.3. The first-order valence-corrected chi connectivity index (χ1v) is 7.29. The van der Waals surface area contributed by atoms with Gasteiger partial charge in [0.05, 0.1) is 16.1 Å². The zero-order valence-corrected chi connectivity index (χ0v) is 13.5. The van der Waals surface area contributed by atoms with Gasteiger partial charge in [-0.3, -0.25) is 15.1 Å². The normalized spacial score (nSPS) is 11.6. The molecule has 1 aromatic carbocycles. The molecule has 3 aromatic rings. The van der Waals surface area contributed by atoms with Gasteiger partial charge in [-0.25, -0.2) is 0 Å². The number of nitro benzene ring substituents is 1. The Bertz CT molecular complexity index is 1050. The predicted octanol–water partition coefficient (Wildman–Crippen LogP) is 4.05. The van der Waals surface area contributed by atoms with Crippen LogP contribution in [0.25, 0.3) is 22.6 Å². The highest BCUT2D eigenvalue weighted by molar-refractivity contribution is 5.73. The molecule has 2 heterocycles. The molecule has 0 aliphatic carbocycles. The fraction of sp³-hybridized carbons (Fsp3) is 0.125. The summed E-state index contributed by atoms with van der Waals surface area (Å²) in [5.74, 6) is -1.98. The second kappa shape index (κ2) is 6.27. The molecule has 0 amide bonds. The summed E-state index contributed by atoms with van der Waals surface area (Å²) in [5, 5.41) is 33.7. The van der Waals surface area contributed by atoms with Crippen LogP contribution >= 0.6 is 0 Å². The van der Waals surface area contributed by atoms with E-state index < -0.39 is 33.8 Å². The first-order chi connectivity index (χ1) is 12.6. The molecule has 3 rings (SSSR count). The molecule has 0 spiro atoms. The molecule has 2 aromatic heterocycles. The number of phenolic OH excluding ortho intramolecular Hbond substituents is 2. The number of hydrogen-bond donors (Lipinski definition) is 2. The van der Waals surface area contributed by atoms with E-state index >= 15 is 0 Å². The number of pyridine rings is 1. The molecule has 0 aliphatic rings. The number of aromatic nitrogens is 2. The summed E-state index contributed by atoms with van der Waals surface area (Å²) in [6.07, 6.45) is -3.68. The van der Waals surface area contributed by atoms with Crippen LogP contribution in [0.3, 0.4) is 0 Å². The monoisotopic (exact) mass is 381 g/mol. The van der Waals surface area contributed by atoms with Gasteiger partial charge in [-0.15, -0.1) is 0 Å². The molecule has 27 heavy (non-hydrogen) atoms. The highest BCUT2D eigenvalue weighted by atomic mass is 19.4. The van der Waals surface area contributed by atoms with Crippen molar-refractivity contribution < 1.29 is 32.8 Å². The third-order valence-corrected chi connectivity index (χ3v) is 3.68. The fourth-order valence-corrected chi connectivity index (χ4v) is 2.42. The third kappa shape index (κ3) is 3.38. The minimum absolute atomic E-state index is 0.0272. The van der Waals surface area contributed by atoms with Gasteiger partial charge in [-0.2, -0.15) is 13.2 Å². The molecule has 0 bridgehead atoms. The van der Waals surface area contributed by atoms with Crippen molar-refractivity contribution in [3.05, 3.63) is 51.8 Å². The zero-order valence-electron chi connectivity index (χ0n) is 13.5. The van der Waals surface area contributed by atoms with Crippen LogP contribution in [-0.4, -0.2) is 25.3 Å². The zero-order chi connectivity index (χ0) is 19.9. The van der Waals surface area contributed by atoms with E-state index in [0.29, 0.717) is 0 Å². The summed E-state index contributed by atoms with van der Waals surface area (Å²) in [5.41, 5.74) is -2.06. The van der Waals surface area contributed by atoms with Crippen molar-refractivity contribution in [2.24, 2.45) is 0 Å². The van der Waals surface area contributed by atoms with Gasteiger partial charge < -0.3 is 14.7 Å². The van der Waals surface area contributed by atoms with E-state index in [1.54, 1.807) is 0 Å². The fourth-order valence-electron chi connectivity index (χ4n) is 2.42. The van der Waals surface area contributed by atoms with Crippen LogP contribution in [-0.2, 0) is 6.18 Å². The smallest absolute Gasteiger partial charge is 0.417 e. The van der Waals surface area contributed by atoms with E-state index in [2.05, 4.69) is 10.1 Å². The maximum Gasteiger partial charge on any atom is 0.417 e. The van der Waals surface area contributed by atoms with Crippen LogP contribution in [0.15, 0.2) is 35.0 Å². The maximum absolute atomic E-state index is 13.3. The summed E-state index contributed by atoms with van der Waals surface area (Å²) in [6, 6.07) is 3.86. The SMILES string of the molecule is Cc1cc(C(F)(F)F)c(-c2cc(-c3cc(O)c(O)c([N+](=O)[O-])c3)no2)cn1. The van der Waals surface area contributed by atoms with Gasteiger partial charge in [0, 0.05) is 29.6 Å². The number of alkyl halides is 3. The Kier molecular flexibility index (Phi) is 4.22. The Balaban J connectivity index is 2.11. The van der Waals surface area contributed by atoms with Crippen LogP contribution in [0.4, 0.5) is 18.9 Å². The molecule has 0 radical (unpaired) electrons. The van der Waals surface area contributed by atoms with Gasteiger partial charge in [-0.1, -0.05) is 5.16 Å². The highest BCUT2D eigenvalue weighted by Crippen LogP contribution is 2.41. The highest BCUT2D eigenvalue weighted by Gasteiger charge is 2.35. The minimum atomic E-state index is -4.66. The summed E-state index contributed by atoms with van der Waals surface area (Å²) in [7, 11) is 0. The summed E-state index contributed by atoms with van der Waals surface area (Å²) < 4.78 is 44.7. The molecule has 11 heteroatoms. The molecule has 140 valence electrons. The van der Waals surface area contributed by atoms with Crippen molar-refractivity contribution in [2.45, 2.75) is 13.1 Å². The van der Waals surface area contributed by atoms with E-state index in [1.165, 1.54) is 6.92 Å². The quantitative estimate of drug-likeness (QED) is 0.399. The number of halogens is 3. The average Bonchev–Trinajstić information content (AvgIpc) is 3.06. The van der Waals surface area contributed by atoms with E-state index in [-0.39, 0.29) is 28.3 Å². The van der Waals surface area contributed by atoms with Gasteiger partial charge in [0.25, 0.3) is 0 Å². The number of nitro groups is 1. The molecule has 2 N–H and O–H groups in total. The minimum Gasteiger partial charge on any atom is -0.504 e. The number of rotatable bonds is 3. The second-order valence-electron chi connectivity index (χ2n) is 5.57. The van der Waals surface area contributed by atoms with Crippen molar-refractivity contribution in [3.8, 4) is 34.1 Å². The van der Waals surface area contributed by atoms with E-state index in [4.69, 9.17) is 4.52 Å². The Hall–Kier alpha value is -3.63. The van der Waals surface area contributed by atoms with Gasteiger partial charge in [-0.05, 0) is 19.1 Å². The Morgan fingerprint density at radius 1 is 1.19 bits per heavy atom. The summed E-state index contributed by atoms with van der Waals surface area (Å²) in [4.78, 5) is 13.8. The van der Waals surface area contributed by atoms with Crippen LogP contribution in [0.2, 0.25) is 0 Å². The summed E-state index contributed by atoms with van der Waals surface area (Å²) >= 11 is 0. The van der Waals surface area contributed by atoms with Crippen molar-refractivity contribution in [1.29, 1.82) is 0 Å². The molecular weight excluding hydrogens is 371 g/mol. The van der Waals surface area contributed by atoms with Crippen LogP contribution in [0, 0.1) is 17.0 Å². The molecular formula is C16H10F3N3O5. The van der Waals surface area contributed by atoms with Crippen LogP contribution in [0.1, 0.15) is 11.3 Å². The molecule has 0 saturated carbocycles. The van der Waals surface area contributed by atoms with Crippen molar-refractivity contribution in [3.63, 3.8) is 0 Å². The van der Waals surface area contributed by atoms with Crippen molar-refractivity contribution in [2.75, 3.05) is 0 Å². The van der Waals surface area contributed by atoms with Gasteiger partial charge >= 0.3 is 11.9 Å². The number of phenols is 2. The number of benzene rings is 1. The number of aromatic hydroxyl groups is 2. The number of nitrogens with zero attached hydrogens (tertiary/aromatic N) is 3.